The predicted octanol–water partition coefficient (Wildman–Crippen LogP) is 4.91. The molecule has 1 aliphatic heterocycles. The summed E-state index contributed by atoms with van der Waals surface area (Å²) in [4.78, 5) is 15.9. The van der Waals surface area contributed by atoms with Gasteiger partial charge in [-0.15, -0.1) is 0 Å². The molecule has 4 rings (SSSR count). The minimum Gasteiger partial charge on any atom is -0.384 e. The lowest BCUT2D eigenvalue weighted by Gasteiger charge is -2.27. The van der Waals surface area contributed by atoms with E-state index in [0.29, 0.717) is 5.02 Å². The highest BCUT2D eigenvalue weighted by molar-refractivity contribution is 6.31. The number of morpholine rings is 1. The van der Waals surface area contributed by atoms with E-state index in [1.54, 1.807) is 0 Å². The monoisotopic (exact) mass is 454 g/mol. The van der Waals surface area contributed by atoms with Crippen LogP contribution in [0.3, 0.4) is 0 Å². The highest BCUT2D eigenvalue weighted by atomic mass is 35.5. The summed E-state index contributed by atoms with van der Waals surface area (Å²) >= 11 is 6.07. The normalized spacial score (nSPS) is 14.0. The Balaban J connectivity index is 1.15. The van der Waals surface area contributed by atoms with Crippen LogP contribution in [-0.2, 0) is 4.74 Å². The Morgan fingerprint density at radius 3 is 2.56 bits per heavy atom. The van der Waals surface area contributed by atoms with Gasteiger partial charge in [0.15, 0.2) is 0 Å². The molecule has 1 aromatic carbocycles. The molecule has 3 aromatic rings. The first kappa shape index (κ1) is 22.6. The van der Waals surface area contributed by atoms with Crippen LogP contribution in [0.4, 0.5) is 17.5 Å². The van der Waals surface area contributed by atoms with Crippen LogP contribution in [0.25, 0.3) is 10.9 Å². The number of ether oxygens (including phenoxy) is 1. The van der Waals surface area contributed by atoms with E-state index in [0.717, 1.165) is 86.3 Å². The minimum atomic E-state index is 0.713. The van der Waals surface area contributed by atoms with E-state index in [4.69, 9.17) is 21.3 Å². The van der Waals surface area contributed by atoms with Crippen molar-refractivity contribution in [3.8, 4) is 0 Å². The molecule has 0 amide bonds. The maximum Gasteiger partial charge on any atom is 0.227 e. The summed E-state index contributed by atoms with van der Waals surface area (Å²) in [7, 11) is 0. The average Bonchev–Trinajstić information content (AvgIpc) is 2.81. The van der Waals surface area contributed by atoms with Crippen LogP contribution in [0.5, 0.6) is 0 Å². The average molecular weight is 455 g/mol. The first-order valence-electron chi connectivity index (χ1n) is 11.4. The standard InChI is InChI=1S/C24H31ClN6O/c1-18-16-23(30-24(29-18)31-12-14-32-15-13-31)28-10-5-3-2-4-9-26-21-8-11-27-22-17-19(25)6-7-20(21)22/h6-8,11,16-17H,2-5,9-10,12-15H2,1H3,(H,26,27)(H,28,29,30). The number of anilines is 3. The third-order valence-corrected chi connectivity index (χ3v) is 5.80. The first-order valence-corrected chi connectivity index (χ1v) is 11.8. The molecule has 0 spiro atoms. The molecule has 0 radical (unpaired) electrons. The van der Waals surface area contributed by atoms with Gasteiger partial charge in [-0.3, -0.25) is 4.98 Å². The van der Waals surface area contributed by atoms with Crippen molar-refractivity contribution >= 4 is 40.0 Å². The zero-order chi connectivity index (χ0) is 22.2. The van der Waals surface area contributed by atoms with Crippen molar-refractivity contribution in [3.05, 3.63) is 47.2 Å². The molecule has 32 heavy (non-hydrogen) atoms. The molecule has 8 heteroatoms. The lowest BCUT2D eigenvalue weighted by atomic mass is 10.1. The quantitative estimate of drug-likeness (QED) is 0.421. The summed E-state index contributed by atoms with van der Waals surface area (Å²) in [6, 6.07) is 9.87. The van der Waals surface area contributed by atoms with E-state index < -0.39 is 0 Å². The Morgan fingerprint density at radius 1 is 0.969 bits per heavy atom. The topological polar surface area (TPSA) is 75.2 Å². The number of nitrogens with zero attached hydrogens (tertiary/aromatic N) is 4. The summed E-state index contributed by atoms with van der Waals surface area (Å²) in [6.07, 6.45) is 6.44. The van der Waals surface area contributed by atoms with Gasteiger partial charge in [0.2, 0.25) is 5.95 Å². The lowest BCUT2D eigenvalue weighted by molar-refractivity contribution is 0.122. The fourth-order valence-electron chi connectivity index (χ4n) is 3.87. The Kier molecular flexibility index (Phi) is 7.96. The fourth-order valence-corrected chi connectivity index (χ4v) is 4.03. The maximum atomic E-state index is 6.07. The van der Waals surface area contributed by atoms with Crippen molar-refractivity contribution in [2.45, 2.75) is 32.6 Å². The van der Waals surface area contributed by atoms with Gasteiger partial charge in [0.05, 0.1) is 18.7 Å². The third-order valence-electron chi connectivity index (χ3n) is 5.57. The van der Waals surface area contributed by atoms with Crippen molar-refractivity contribution in [2.24, 2.45) is 0 Å². The van der Waals surface area contributed by atoms with Gasteiger partial charge in [0.1, 0.15) is 5.82 Å². The van der Waals surface area contributed by atoms with E-state index in [-0.39, 0.29) is 0 Å². The summed E-state index contributed by atoms with van der Waals surface area (Å²) < 4.78 is 5.42. The Bertz CT molecular complexity index is 1020. The molecule has 0 aliphatic carbocycles. The van der Waals surface area contributed by atoms with Gasteiger partial charge in [0.25, 0.3) is 0 Å². The molecular weight excluding hydrogens is 424 g/mol. The zero-order valence-electron chi connectivity index (χ0n) is 18.6. The number of hydrogen-bond donors (Lipinski definition) is 2. The molecule has 3 heterocycles. The largest absolute Gasteiger partial charge is 0.384 e. The van der Waals surface area contributed by atoms with Crippen molar-refractivity contribution < 1.29 is 4.74 Å². The molecule has 7 nitrogen and oxygen atoms in total. The van der Waals surface area contributed by atoms with Crippen molar-refractivity contribution in [3.63, 3.8) is 0 Å². The summed E-state index contributed by atoms with van der Waals surface area (Å²) in [5.74, 6) is 1.71. The third kappa shape index (κ3) is 6.20. The van der Waals surface area contributed by atoms with Gasteiger partial charge >= 0.3 is 0 Å². The highest BCUT2D eigenvalue weighted by Gasteiger charge is 2.14. The molecule has 2 N–H and O–H groups in total. The number of aromatic nitrogens is 3. The predicted molar refractivity (Wildman–Crippen MR) is 132 cm³/mol. The van der Waals surface area contributed by atoms with Crippen LogP contribution in [0.1, 0.15) is 31.4 Å². The van der Waals surface area contributed by atoms with Gasteiger partial charge in [-0.2, -0.15) is 4.98 Å². The van der Waals surface area contributed by atoms with Crippen molar-refractivity contribution in [1.82, 2.24) is 15.0 Å². The van der Waals surface area contributed by atoms with Gasteiger partial charge in [-0.1, -0.05) is 24.4 Å². The number of nitrogens with one attached hydrogen (secondary N) is 2. The molecule has 1 aliphatic rings. The Hall–Kier alpha value is -2.64. The first-order chi connectivity index (χ1) is 15.7. The summed E-state index contributed by atoms with van der Waals surface area (Å²) in [5, 5.41) is 8.82. The lowest BCUT2D eigenvalue weighted by Crippen LogP contribution is -2.37. The second-order valence-electron chi connectivity index (χ2n) is 8.08. The van der Waals surface area contributed by atoms with E-state index in [1.165, 1.54) is 12.8 Å². The number of fused-ring (bicyclic) bond motifs is 1. The fraction of sp³-hybridized carbons (Fsp3) is 0.458. The number of aryl methyl sites for hydroxylation is 1. The van der Waals surface area contributed by atoms with E-state index in [9.17, 15) is 0 Å². The molecule has 0 unspecified atom stereocenters. The molecule has 1 saturated heterocycles. The van der Waals surface area contributed by atoms with Gasteiger partial charge in [-0.05, 0) is 44.0 Å². The Morgan fingerprint density at radius 2 is 1.75 bits per heavy atom. The molecule has 2 aromatic heterocycles. The highest BCUT2D eigenvalue weighted by Crippen LogP contribution is 2.24. The Labute approximate surface area is 194 Å². The van der Waals surface area contributed by atoms with Gasteiger partial charge < -0.3 is 20.3 Å². The van der Waals surface area contributed by atoms with Crippen molar-refractivity contribution in [1.29, 1.82) is 0 Å². The zero-order valence-corrected chi connectivity index (χ0v) is 19.4. The maximum absolute atomic E-state index is 6.07. The molecule has 170 valence electrons. The SMILES string of the molecule is Cc1cc(NCCCCCCNc2ccnc3cc(Cl)ccc23)nc(N2CCOCC2)n1. The van der Waals surface area contributed by atoms with Gasteiger partial charge in [-0.25, -0.2) is 4.98 Å². The van der Waals surface area contributed by atoms with Crippen LogP contribution in [0.15, 0.2) is 36.5 Å². The van der Waals surface area contributed by atoms with Crippen LogP contribution in [0, 0.1) is 6.92 Å². The molecule has 0 bridgehead atoms. The van der Waals surface area contributed by atoms with E-state index in [2.05, 4.69) is 25.5 Å². The van der Waals surface area contributed by atoms with Gasteiger partial charge in [0, 0.05) is 60.2 Å². The number of halogens is 1. The summed E-state index contributed by atoms with van der Waals surface area (Å²) in [5.41, 5.74) is 3.02. The number of pyridine rings is 1. The van der Waals surface area contributed by atoms with E-state index in [1.807, 2.05) is 43.5 Å². The van der Waals surface area contributed by atoms with Crippen LogP contribution >= 0.6 is 11.6 Å². The van der Waals surface area contributed by atoms with Crippen LogP contribution in [-0.4, -0.2) is 54.3 Å². The minimum absolute atomic E-state index is 0.713. The second-order valence-corrected chi connectivity index (χ2v) is 8.52. The number of unbranched alkanes of at least 4 members (excludes halogenated alkanes) is 3. The summed E-state index contributed by atoms with van der Waals surface area (Å²) in [6.45, 7) is 7.05. The van der Waals surface area contributed by atoms with Crippen molar-refractivity contribution in [2.75, 3.05) is 54.9 Å². The molecule has 1 fully saturated rings. The van der Waals surface area contributed by atoms with Crippen LogP contribution in [0.2, 0.25) is 5.02 Å². The molecule has 0 saturated carbocycles. The van der Waals surface area contributed by atoms with Crippen LogP contribution < -0.4 is 15.5 Å². The smallest absolute Gasteiger partial charge is 0.227 e. The number of rotatable bonds is 10. The number of hydrogen-bond acceptors (Lipinski definition) is 7. The van der Waals surface area contributed by atoms with E-state index >= 15 is 0 Å². The molecular formula is C24H31ClN6O. The number of benzene rings is 1. The molecule has 0 atom stereocenters. The second kappa shape index (κ2) is 11.3.